The van der Waals surface area contributed by atoms with Crippen LogP contribution in [0, 0.1) is 0 Å². The molecule has 1 nitrogen and oxygen atoms in total. The average molecular weight is 243 g/mol. The van der Waals surface area contributed by atoms with Crippen LogP contribution < -0.4 is 6.15 Å². The highest BCUT2D eigenvalue weighted by Gasteiger charge is 2.17. The van der Waals surface area contributed by atoms with Gasteiger partial charge in [0.05, 0.1) is 0 Å². The van der Waals surface area contributed by atoms with E-state index >= 15 is 0 Å². The van der Waals surface area contributed by atoms with Crippen molar-refractivity contribution in [3.05, 3.63) is 0 Å². The summed E-state index contributed by atoms with van der Waals surface area (Å²) in [7, 11) is 0. The van der Waals surface area contributed by atoms with E-state index in [0.29, 0.717) is 3.42 Å². The Bertz CT molecular complexity index is 51.7. The molecule has 0 fully saturated rings. The van der Waals surface area contributed by atoms with Crippen LogP contribution in [-0.2, 0) is 0 Å². The lowest BCUT2D eigenvalue weighted by Gasteiger charge is -2.21. The molecule has 0 aromatic rings. The second kappa shape index (κ2) is 5.47. The molecule has 0 aliphatic rings. The van der Waals surface area contributed by atoms with E-state index in [1.165, 1.54) is 19.3 Å². The Hall–Kier alpha value is 0.690. The van der Waals surface area contributed by atoms with E-state index in [9.17, 15) is 0 Å². The van der Waals surface area contributed by atoms with E-state index < -0.39 is 0 Å². The highest BCUT2D eigenvalue weighted by atomic mass is 127. The SMILES string of the molecule is CCC(I)(CC)CC.N. The number of hydrogen-bond donors (Lipinski definition) is 1. The molecule has 0 aromatic carbocycles. The third-order valence-electron chi connectivity index (χ3n) is 1.90. The van der Waals surface area contributed by atoms with E-state index in [-0.39, 0.29) is 6.15 Å². The largest absolute Gasteiger partial charge is 0.344 e. The molecule has 0 heterocycles. The third-order valence-corrected chi connectivity index (χ3v) is 4.19. The van der Waals surface area contributed by atoms with Crippen molar-refractivity contribution >= 4 is 22.6 Å². The van der Waals surface area contributed by atoms with E-state index in [0.717, 1.165) is 0 Å². The molecule has 0 amide bonds. The Morgan fingerprint density at radius 1 is 1.00 bits per heavy atom. The Kier molecular flexibility index (Phi) is 7.52. The average Bonchev–Trinajstić information content (AvgIpc) is 1.87. The van der Waals surface area contributed by atoms with E-state index in [2.05, 4.69) is 43.4 Å². The first-order valence-corrected chi connectivity index (χ1v) is 4.45. The van der Waals surface area contributed by atoms with E-state index in [1.54, 1.807) is 0 Å². The fraction of sp³-hybridized carbons (Fsp3) is 1.00. The van der Waals surface area contributed by atoms with Gasteiger partial charge in [-0.2, -0.15) is 0 Å². The number of hydrogen-bond acceptors (Lipinski definition) is 1. The summed E-state index contributed by atoms with van der Waals surface area (Å²) >= 11 is 2.57. The van der Waals surface area contributed by atoms with Crippen molar-refractivity contribution in [3.63, 3.8) is 0 Å². The van der Waals surface area contributed by atoms with Gasteiger partial charge in [-0.25, -0.2) is 0 Å². The minimum Gasteiger partial charge on any atom is -0.344 e. The monoisotopic (exact) mass is 243 g/mol. The maximum Gasteiger partial charge on any atom is 0.0214 e. The van der Waals surface area contributed by atoms with Gasteiger partial charge in [-0.05, 0) is 19.3 Å². The van der Waals surface area contributed by atoms with Crippen LogP contribution in [0.1, 0.15) is 40.0 Å². The van der Waals surface area contributed by atoms with Crippen molar-refractivity contribution < 1.29 is 0 Å². The molecule has 58 valence electrons. The molecule has 9 heavy (non-hydrogen) atoms. The molecule has 3 N–H and O–H groups in total. The molecule has 0 bridgehead atoms. The lowest BCUT2D eigenvalue weighted by Crippen LogP contribution is -2.15. The zero-order chi connectivity index (χ0) is 6.62. The summed E-state index contributed by atoms with van der Waals surface area (Å²) in [6.07, 6.45) is 3.92. The first-order chi connectivity index (χ1) is 3.68. The van der Waals surface area contributed by atoms with Gasteiger partial charge in [0.25, 0.3) is 0 Å². The number of alkyl halides is 1. The highest BCUT2D eigenvalue weighted by molar-refractivity contribution is 14.1. The van der Waals surface area contributed by atoms with Gasteiger partial charge in [0, 0.05) is 3.42 Å². The first kappa shape index (κ1) is 12.4. The van der Waals surface area contributed by atoms with Gasteiger partial charge in [-0.3, -0.25) is 0 Å². The molecule has 0 saturated carbocycles. The zero-order valence-electron chi connectivity index (χ0n) is 6.71. The summed E-state index contributed by atoms with van der Waals surface area (Å²) in [6.45, 7) is 6.79. The summed E-state index contributed by atoms with van der Waals surface area (Å²) < 4.78 is 0.595. The minimum atomic E-state index is 0. The summed E-state index contributed by atoms with van der Waals surface area (Å²) in [5, 5.41) is 0. The smallest absolute Gasteiger partial charge is 0.0214 e. The molecular weight excluding hydrogens is 225 g/mol. The quantitative estimate of drug-likeness (QED) is 0.597. The van der Waals surface area contributed by atoms with Crippen molar-refractivity contribution in [1.82, 2.24) is 6.15 Å². The normalized spacial score (nSPS) is 10.7. The Morgan fingerprint density at radius 3 is 1.22 bits per heavy atom. The van der Waals surface area contributed by atoms with Crippen LogP contribution in [0.4, 0.5) is 0 Å². The van der Waals surface area contributed by atoms with Crippen molar-refractivity contribution in [1.29, 1.82) is 0 Å². The van der Waals surface area contributed by atoms with Crippen LogP contribution in [-0.4, -0.2) is 3.42 Å². The maximum atomic E-state index is 2.57. The molecule has 2 heteroatoms. The number of rotatable bonds is 3. The van der Waals surface area contributed by atoms with Crippen LogP contribution in [0.5, 0.6) is 0 Å². The highest BCUT2D eigenvalue weighted by Crippen LogP contribution is 2.29. The molecule has 0 unspecified atom stereocenters. The lowest BCUT2D eigenvalue weighted by atomic mass is 10.0. The van der Waals surface area contributed by atoms with Crippen molar-refractivity contribution in [2.75, 3.05) is 0 Å². The van der Waals surface area contributed by atoms with Crippen molar-refractivity contribution in [2.45, 2.75) is 43.5 Å². The van der Waals surface area contributed by atoms with Gasteiger partial charge in [0.2, 0.25) is 0 Å². The zero-order valence-corrected chi connectivity index (χ0v) is 8.86. The molecule has 0 radical (unpaired) electrons. The van der Waals surface area contributed by atoms with Crippen molar-refractivity contribution in [3.8, 4) is 0 Å². The molecule has 0 rings (SSSR count). The summed E-state index contributed by atoms with van der Waals surface area (Å²) in [6, 6.07) is 0. The Labute approximate surface area is 72.3 Å². The molecule has 0 aromatic heterocycles. The molecule has 0 spiro atoms. The van der Waals surface area contributed by atoms with Crippen LogP contribution in [0.2, 0.25) is 0 Å². The topological polar surface area (TPSA) is 35.0 Å². The standard InChI is InChI=1S/C7H15I.H3N/c1-4-7(8,5-2)6-3;/h4-6H2,1-3H3;1H3. The van der Waals surface area contributed by atoms with Crippen LogP contribution in [0.15, 0.2) is 0 Å². The second-order valence-corrected chi connectivity index (χ2v) is 4.50. The van der Waals surface area contributed by atoms with E-state index in [1.807, 2.05) is 0 Å². The molecule has 0 saturated heterocycles. The van der Waals surface area contributed by atoms with Gasteiger partial charge in [-0.1, -0.05) is 43.4 Å². The van der Waals surface area contributed by atoms with Crippen LogP contribution in [0.3, 0.4) is 0 Å². The summed E-state index contributed by atoms with van der Waals surface area (Å²) in [5.74, 6) is 0. The predicted molar refractivity (Wildman–Crippen MR) is 52.6 cm³/mol. The van der Waals surface area contributed by atoms with Gasteiger partial charge in [-0.15, -0.1) is 0 Å². The third kappa shape index (κ3) is 4.14. The lowest BCUT2D eigenvalue weighted by molar-refractivity contribution is 0.560. The summed E-state index contributed by atoms with van der Waals surface area (Å²) in [4.78, 5) is 0. The molecule has 0 aliphatic carbocycles. The summed E-state index contributed by atoms with van der Waals surface area (Å²) in [5.41, 5.74) is 0. The van der Waals surface area contributed by atoms with Gasteiger partial charge in [0.1, 0.15) is 0 Å². The van der Waals surface area contributed by atoms with Crippen LogP contribution >= 0.6 is 22.6 Å². The van der Waals surface area contributed by atoms with E-state index in [4.69, 9.17) is 0 Å². The maximum absolute atomic E-state index is 2.57. The fourth-order valence-corrected chi connectivity index (χ4v) is 0.750. The van der Waals surface area contributed by atoms with Gasteiger partial charge >= 0.3 is 0 Å². The molecular formula is C7H18IN. The first-order valence-electron chi connectivity index (χ1n) is 3.37. The number of halogens is 1. The van der Waals surface area contributed by atoms with Crippen LogP contribution in [0.25, 0.3) is 0 Å². The Balaban J connectivity index is 0. The fourth-order valence-electron chi connectivity index (χ4n) is 0.750. The van der Waals surface area contributed by atoms with Gasteiger partial charge in [0.15, 0.2) is 0 Å². The van der Waals surface area contributed by atoms with Gasteiger partial charge < -0.3 is 6.15 Å². The Morgan fingerprint density at radius 2 is 1.22 bits per heavy atom. The molecule has 0 atom stereocenters. The van der Waals surface area contributed by atoms with Crippen molar-refractivity contribution in [2.24, 2.45) is 0 Å². The second-order valence-electron chi connectivity index (χ2n) is 2.21. The molecule has 0 aliphatic heterocycles. The minimum absolute atomic E-state index is 0. The predicted octanol–water partition coefficient (Wildman–Crippen LogP) is 3.55.